The third kappa shape index (κ3) is 4.58. The van der Waals surface area contributed by atoms with Gasteiger partial charge in [0.15, 0.2) is 0 Å². The van der Waals surface area contributed by atoms with Gasteiger partial charge in [0.05, 0.1) is 6.54 Å². The molecule has 5 heteroatoms. The van der Waals surface area contributed by atoms with E-state index in [1.165, 1.54) is 0 Å². The molecule has 1 N–H and O–H groups in total. The molecule has 2 aliphatic rings. The highest BCUT2D eigenvalue weighted by Gasteiger charge is 2.24. The van der Waals surface area contributed by atoms with E-state index in [1.54, 1.807) is 0 Å². The summed E-state index contributed by atoms with van der Waals surface area (Å²) < 4.78 is 5.27. The van der Waals surface area contributed by atoms with E-state index in [4.69, 9.17) is 4.74 Å². The fourth-order valence-corrected chi connectivity index (χ4v) is 2.84. The molecule has 19 heavy (non-hydrogen) atoms. The standard InChI is InChI=1S/C14H24N2O3/c1-16(12-2-4-13(17)5-3-12)10-14(18)15-11-6-8-19-9-7-11/h11-12H,2-10H2,1H3,(H,15,18). The first kappa shape index (κ1) is 14.5. The second kappa shape index (κ2) is 7.01. The predicted octanol–water partition coefficient (Wildman–Crippen LogP) is 0.725. The molecule has 1 aliphatic heterocycles. The lowest BCUT2D eigenvalue weighted by Crippen LogP contribution is -2.46. The fraction of sp³-hybridized carbons (Fsp3) is 0.857. The molecule has 0 spiro atoms. The molecule has 1 saturated heterocycles. The van der Waals surface area contributed by atoms with Crippen LogP contribution in [0.1, 0.15) is 38.5 Å². The molecule has 108 valence electrons. The van der Waals surface area contributed by atoms with Crippen LogP contribution in [0, 0.1) is 0 Å². The van der Waals surface area contributed by atoms with E-state index in [1.807, 2.05) is 7.05 Å². The van der Waals surface area contributed by atoms with E-state index < -0.39 is 0 Å². The second-order valence-corrected chi connectivity index (χ2v) is 5.64. The van der Waals surface area contributed by atoms with Crippen molar-refractivity contribution >= 4 is 11.7 Å². The zero-order valence-corrected chi connectivity index (χ0v) is 11.7. The van der Waals surface area contributed by atoms with Gasteiger partial charge in [-0.15, -0.1) is 0 Å². The van der Waals surface area contributed by atoms with Crippen LogP contribution >= 0.6 is 0 Å². The van der Waals surface area contributed by atoms with Crippen molar-refractivity contribution in [2.75, 3.05) is 26.8 Å². The van der Waals surface area contributed by atoms with Gasteiger partial charge >= 0.3 is 0 Å². The molecule has 1 amide bonds. The van der Waals surface area contributed by atoms with Crippen LogP contribution in [0.4, 0.5) is 0 Å². The molecule has 2 rings (SSSR count). The van der Waals surface area contributed by atoms with Crippen LogP contribution in [0.5, 0.6) is 0 Å². The third-order valence-corrected chi connectivity index (χ3v) is 4.12. The number of Topliss-reactive ketones (excluding diaryl/α,β-unsaturated/α-hetero) is 1. The van der Waals surface area contributed by atoms with Crippen molar-refractivity contribution < 1.29 is 14.3 Å². The molecule has 1 saturated carbocycles. The van der Waals surface area contributed by atoms with Gasteiger partial charge in [0, 0.05) is 38.1 Å². The molecule has 0 aromatic carbocycles. The van der Waals surface area contributed by atoms with Gasteiger partial charge in [0.1, 0.15) is 5.78 Å². The van der Waals surface area contributed by atoms with E-state index in [9.17, 15) is 9.59 Å². The van der Waals surface area contributed by atoms with Crippen molar-refractivity contribution in [3.05, 3.63) is 0 Å². The number of rotatable bonds is 4. The van der Waals surface area contributed by atoms with Gasteiger partial charge in [0.25, 0.3) is 0 Å². The van der Waals surface area contributed by atoms with Gasteiger partial charge in [-0.3, -0.25) is 14.5 Å². The van der Waals surface area contributed by atoms with Gasteiger partial charge in [-0.05, 0) is 32.7 Å². The number of nitrogens with zero attached hydrogens (tertiary/aromatic N) is 1. The smallest absolute Gasteiger partial charge is 0.234 e. The lowest BCUT2D eigenvalue weighted by atomic mass is 9.93. The number of nitrogens with one attached hydrogen (secondary N) is 1. The van der Waals surface area contributed by atoms with Crippen LogP contribution in [0.2, 0.25) is 0 Å². The number of carbonyl (C=O) groups excluding carboxylic acids is 2. The minimum atomic E-state index is 0.0892. The van der Waals surface area contributed by atoms with Gasteiger partial charge in [-0.1, -0.05) is 0 Å². The van der Waals surface area contributed by atoms with Crippen LogP contribution < -0.4 is 5.32 Å². The first-order valence-electron chi connectivity index (χ1n) is 7.24. The predicted molar refractivity (Wildman–Crippen MR) is 71.9 cm³/mol. The minimum absolute atomic E-state index is 0.0892. The number of carbonyl (C=O) groups is 2. The number of amides is 1. The Bertz CT molecular complexity index is 317. The summed E-state index contributed by atoms with van der Waals surface area (Å²) in [6.45, 7) is 1.91. The molecule has 1 aliphatic carbocycles. The molecular formula is C14H24N2O3. The topological polar surface area (TPSA) is 58.6 Å². The maximum atomic E-state index is 12.0. The molecule has 0 aromatic heterocycles. The Hall–Kier alpha value is -0.940. The summed E-state index contributed by atoms with van der Waals surface area (Å²) >= 11 is 0. The van der Waals surface area contributed by atoms with Crippen LogP contribution in [0.3, 0.4) is 0 Å². The summed E-state index contributed by atoms with van der Waals surface area (Å²) in [7, 11) is 1.98. The summed E-state index contributed by atoms with van der Waals surface area (Å²) in [6, 6.07) is 0.640. The minimum Gasteiger partial charge on any atom is -0.381 e. The lowest BCUT2D eigenvalue weighted by molar-refractivity contribution is -0.124. The lowest BCUT2D eigenvalue weighted by Gasteiger charge is -2.31. The Balaban J connectivity index is 1.70. The molecule has 2 fully saturated rings. The summed E-state index contributed by atoms with van der Waals surface area (Å²) in [5.74, 6) is 0.447. The van der Waals surface area contributed by atoms with Crippen molar-refractivity contribution in [2.45, 2.75) is 50.6 Å². The zero-order valence-electron chi connectivity index (χ0n) is 11.7. The largest absolute Gasteiger partial charge is 0.381 e. The quantitative estimate of drug-likeness (QED) is 0.816. The summed E-state index contributed by atoms with van der Waals surface area (Å²) in [4.78, 5) is 25.3. The average molecular weight is 268 g/mol. The first-order valence-corrected chi connectivity index (χ1v) is 7.24. The van der Waals surface area contributed by atoms with E-state index in [2.05, 4.69) is 10.2 Å². The normalized spacial score (nSPS) is 22.7. The number of likely N-dealkylation sites (N-methyl/N-ethyl adjacent to an activating group) is 1. The van der Waals surface area contributed by atoms with E-state index >= 15 is 0 Å². The van der Waals surface area contributed by atoms with Gasteiger partial charge in [-0.25, -0.2) is 0 Å². The number of hydrogen-bond donors (Lipinski definition) is 1. The van der Waals surface area contributed by atoms with Crippen LogP contribution in [0.15, 0.2) is 0 Å². The van der Waals surface area contributed by atoms with Crippen molar-refractivity contribution in [3.8, 4) is 0 Å². The Morgan fingerprint density at radius 3 is 2.53 bits per heavy atom. The Labute approximate surface area is 114 Å². The Morgan fingerprint density at radius 1 is 1.26 bits per heavy atom. The van der Waals surface area contributed by atoms with Crippen LogP contribution in [0.25, 0.3) is 0 Å². The van der Waals surface area contributed by atoms with Gasteiger partial charge in [0.2, 0.25) is 5.91 Å². The van der Waals surface area contributed by atoms with Crippen molar-refractivity contribution in [1.82, 2.24) is 10.2 Å². The Kier molecular flexibility index (Phi) is 5.34. The van der Waals surface area contributed by atoms with Crippen LogP contribution in [-0.4, -0.2) is 55.5 Å². The number of hydrogen-bond acceptors (Lipinski definition) is 4. The van der Waals surface area contributed by atoms with Crippen molar-refractivity contribution in [2.24, 2.45) is 0 Å². The molecule has 0 radical (unpaired) electrons. The van der Waals surface area contributed by atoms with E-state index in [0.29, 0.717) is 31.2 Å². The monoisotopic (exact) mass is 268 g/mol. The molecule has 0 unspecified atom stereocenters. The highest BCUT2D eigenvalue weighted by atomic mass is 16.5. The average Bonchev–Trinajstić information content (AvgIpc) is 2.40. The van der Waals surface area contributed by atoms with Gasteiger partial charge in [-0.2, -0.15) is 0 Å². The summed E-state index contributed by atoms with van der Waals surface area (Å²) in [5, 5.41) is 3.07. The van der Waals surface area contributed by atoms with Crippen LogP contribution in [-0.2, 0) is 14.3 Å². The van der Waals surface area contributed by atoms with E-state index in [0.717, 1.165) is 38.9 Å². The first-order chi connectivity index (χ1) is 9.15. The third-order valence-electron chi connectivity index (χ3n) is 4.12. The molecule has 0 bridgehead atoms. The summed E-state index contributed by atoms with van der Waals surface area (Å²) in [5.41, 5.74) is 0. The second-order valence-electron chi connectivity index (χ2n) is 5.64. The van der Waals surface area contributed by atoms with Crippen molar-refractivity contribution in [1.29, 1.82) is 0 Å². The summed E-state index contributed by atoms with van der Waals surface area (Å²) in [6.07, 6.45) is 4.92. The zero-order chi connectivity index (χ0) is 13.7. The highest BCUT2D eigenvalue weighted by molar-refractivity contribution is 5.79. The maximum absolute atomic E-state index is 12.0. The molecule has 1 heterocycles. The molecule has 5 nitrogen and oxygen atoms in total. The molecule has 0 aromatic rings. The van der Waals surface area contributed by atoms with Gasteiger partial charge < -0.3 is 10.1 Å². The SMILES string of the molecule is CN(CC(=O)NC1CCOCC1)C1CCC(=O)CC1. The van der Waals surface area contributed by atoms with Crippen molar-refractivity contribution in [3.63, 3.8) is 0 Å². The Morgan fingerprint density at radius 2 is 1.89 bits per heavy atom. The van der Waals surface area contributed by atoms with E-state index in [-0.39, 0.29) is 11.9 Å². The maximum Gasteiger partial charge on any atom is 0.234 e. The highest BCUT2D eigenvalue weighted by Crippen LogP contribution is 2.19. The number of ketones is 1. The molecule has 0 atom stereocenters. The fourth-order valence-electron chi connectivity index (χ4n) is 2.84. The number of ether oxygens (including phenoxy) is 1. The molecular weight excluding hydrogens is 244 g/mol.